The number of anilines is 2. The van der Waals surface area contributed by atoms with E-state index in [0.717, 1.165) is 43.2 Å². The Balaban J connectivity index is 1.67. The zero-order chi connectivity index (χ0) is 17.8. The Morgan fingerprint density at radius 1 is 1.40 bits per heavy atom. The van der Waals surface area contributed by atoms with Gasteiger partial charge in [-0.25, -0.2) is 9.78 Å². The molecule has 1 aliphatic rings. The first-order chi connectivity index (χ1) is 12.1. The third kappa shape index (κ3) is 3.75. The third-order valence-corrected chi connectivity index (χ3v) is 4.57. The first-order valence-corrected chi connectivity index (χ1v) is 8.84. The first kappa shape index (κ1) is 17.3. The summed E-state index contributed by atoms with van der Waals surface area (Å²) in [5.41, 5.74) is 1.53. The lowest BCUT2D eigenvalue weighted by Crippen LogP contribution is -2.34. The van der Waals surface area contributed by atoms with Crippen LogP contribution in [0.2, 0.25) is 0 Å². The van der Waals surface area contributed by atoms with Crippen molar-refractivity contribution >= 4 is 17.5 Å². The zero-order valence-electron chi connectivity index (χ0n) is 15.0. The molecule has 1 atom stereocenters. The van der Waals surface area contributed by atoms with Gasteiger partial charge in [-0.05, 0) is 45.7 Å². The summed E-state index contributed by atoms with van der Waals surface area (Å²) in [4.78, 5) is 21.1. The number of rotatable bonds is 5. The number of likely N-dealkylation sites (tertiary alicyclic amines) is 1. The second kappa shape index (κ2) is 7.55. The minimum atomic E-state index is -0.131. The molecule has 1 saturated heterocycles. The molecule has 0 spiro atoms. The van der Waals surface area contributed by atoms with Crippen LogP contribution in [-0.2, 0) is 0 Å². The van der Waals surface area contributed by atoms with Crippen LogP contribution < -0.4 is 10.2 Å². The highest BCUT2D eigenvalue weighted by molar-refractivity contribution is 5.89. The van der Waals surface area contributed by atoms with Crippen molar-refractivity contribution in [2.45, 2.75) is 39.7 Å². The average molecular weight is 343 g/mol. The van der Waals surface area contributed by atoms with Crippen molar-refractivity contribution in [1.29, 1.82) is 0 Å². The molecule has 0 aliphatic carbocycles. The number of hydrogen-bond acceptors (Lipinski definition) is 5. The summed E-state index contributed by atoms with van der Waals surface area (Å²) >= 11 is 0. The lowest BCUT2D eigenvalue weighted by Gasteiger charge is -2.23. The first-order valence-electron chi connectivity index (χ1n) is 8.84. The maximum atomic E-state index is 12.7. The normalized spacial score (nSPS) is 16.9. The Hall–Kier alpha value is -2.57. The van der Waals surface area contributed by atoms with Crippen molar-refractivity contribution in [1.82, 2.24) is 15.0 Å². The van der Waals surface area contributed by atoms with Crippen LogP contribution in [-0.4, -0.2) is 40.7 Å². The fourth-order valence-electron chi connectivity index (χ4n) is 3.24. The smallest absolute Gasteiger partial charge is 0.322 e. The number of amides is 2. The largest absolute Gasteiger partial charge is 0.359 e. The van der Waals surface area contributed by atoms with Crippen LogP contribution in [0.5, 0.6) is 0 Å². The summed E-state index contributed by atoms with van der Waals surface area (Å²) in [7, 11) is 0. The fraction of sp³-hybridized carbons (Fsp3) is 0.500. The van der Waals surface area contributed by atoms with Crippen molar-refractivity contribution in [3.8, 4) is 0 Å². The highest BCUT2D eigenvalue weighted by atomic mass is 16.5. The van der Waals surface area contributed by atoms with E-state index in [1.54, 1.807) is 11.1 Å². The van der Waals surface area contributed by atoms with Gasteiger partial charge in [0.25, 0.3) is 0 Å². The number of carbonyl (C=O) groups excluding carboxylic acids is 1. The summed E-state index contributed by atoms with van der Waals surface area (Å²) in [6.07, 6.45) is 3.55. The molecule has 1 N–H and O–H groups in total. The van der Waals surface area contributed by atoms with Gasteiger partial charge < -0.3 is 19.6 Å². The summed E-state index contributed by atoms with van der Waals surface area (Å²) in [6, 6.07) is 5.54. The molecule has 3 rings (SSSR count). The molecule has 7 heteroatoms. The number of pyridine rings is 1. The average Bonchev–Trinajstić information content (AvgIpc) is 3.26. The number of aryl methyl sites for hydroxylation is 1. The van der Waals surface area contributed by atoms with Crippen molar-refractivity contribution in [2.24, 2.45) is 0 Å². The van der Waals surface area contributed by atoms with Crippen LogP contribution in [0.25, 0.3) is 0 Å². The molecule has 1 aliphatic heterocycles. The molecule has 0 radical (unpaired) electrons. The van der Waals surface area contributed by atoms with Crippen molar-refractivity contribution in [3.63, 3.8) is 0 Å². The molecule has 1 unspecified atom stereocenters. The second-order valence-corrected chi connectivity index (χ2v) is 6.23. The van der Waals surface area contributed by atoms with Gasteiger partial charge in [-0.1, -0.05) is 5.16 Å². The number of carbonyl (C=O) groups is 1. The number of hydrogen-bond donors (Lipinski definition) is 1. The van der Waals surface area contributed by atoms with Gasteiger partial charge in [0.2, 0.25) is 0 Å². The molecule has 0 saturated carbocycles. The Morgan fingerprint density at radius 2 is 2.20 bits per heavy atom. The molecular weight excluding hydrogens is 318 g/mol. The topological polar surface area (TPSA) is 74.5 Å². The number of aromatic nitrogens is 2. The predicted molar refractivity (Wildman–Crippen MR) is 96.7 cm³/mol. The summed E-state index contributed by atoms with van der Waals surface area (Å²) < 4.78 is 5.36. The quantitative estimate of drug-likeness (QED) is 0.898. The van der Waals surface area contributed by atoms with Gasteiger partial charge in [0.1, 0.15) is 5.82 Å². The highest BCUT2D eigenvalue weighted by Crippen LogP contribution is 2.32. The summed E-state index contributed by atoms with van der Waals surface area (Å²) in [6.45, 7) is 8.60. The standard InChI is InChI=1S/C18H25N5O2/c1-4-22(5-2)17-9-8-14(12-19-17)20-18(24)23-10-6-7-15(23)16-11-13(3)21-25-16/h8-9,11-12,15H,4-7,10H2,1-3H3,(H,20,24). The molecule has 7 nitrogen and oxygen atoms in total. The lowest BCUT2D eigenvalue weighted by atomic mass is 10.1. The Labute approximate surface area is 148 Å². The van der Waals surface area contributed by atoms with Gasteiger partial charge in [0.05, 0.1) is 23.6 Å². The van der Waals surface area contributed by atoms with Crippen molar-refractivity contribution in [3.05, 3.63) is 35.9 Å². The van der Waals surface area contributed by atoms with E-state index in [0.29, 0.717) is 12.2 Å². The molecule has 0 aromatic carbocycles. The van der Waals surface area contributed by atoms with Gasteiger partial charge in [0, 0.05) is 25.7 Å². The molecule has 1 fully saturated rings. The monoisotopic (exact) mass is 343 g/mol. The van der Waals surface area contributed by atoms with Crippen LogP contribution in [0, 0.1) is 6.92 Å². The van der Waals surface area contributed by atoms with Crippen LogP contribution in [0.15, 0.2) is 28.9 Å². The SMILES string of the molecule is CCN(CC)c1ccc(NC(=O)N2CCCC2c2cc(C)no2)cn1. The zero-order valence-corrected chi connectivity index (χ0v) is 15.0. The number of nitrogens with zero attached hydrogens (tertiary/aromatic N) is 4. The molecule has 25 heavy (non-hydrogen) atoms. The van der Waals surface area contributed by atoms with E-state index in [9.17, 15) is 4.79 Å². The predicted octanol–water partition coefficient (Wildman–Crippen LogP) is 3.59. The second-order valence-electron chi connectivity index (χ2n) is 6.23. The molecule has 2 amide bonds. The molecule has 2 aromatic heterocycles. The van der Waals surface area contributed by atoms with E-state index < -0.39 is 0 Å². The molecular formula is C18H25N5O2. The van der Waals surface area contributed by atoms with Gasteiger partial charge in [-0.2, -0.15) is 0 Å². The van der Waals surface area contributed by atoms with Crippen molar-refractivity contribution in [2.75, 3.05) is 29.9 Å². The van der Waals surface area contributed by atoms with Crippen LogP contribution in [0.3, 0.4) is 0 Å². The van der Waals surface area contributed by atoms with E-state index in [1.165, 1.54) is 0 Å². The summed E-state index contributed by atoms with van der Waals surface area (Å²) in [5.74, 6) is 1.67. The van der Waals surface area contributed by atoms with E-state index in [1.807, 2.05) is 25.1 Å². The maximum absolute atomic E-state index is 12.7. The molecule has 0 bridgehead atoms. The lowest BCUT2D eigenvalue weighted by molar-refractivity contribution is 0.195. The molecule has 3 heterocycles. The minimum Gasteiger partial charge on any atom is -0.359 e. The number of nitrogens with one attached hydrogen (secondary N) is 1. The number of urea groups is 1. The highest BCUT2D eigenvalue weighted by Gasteiger charge is 2.32. The van der Waals surface area contributed by atoms with Crippen LogP contribution in [0.4, 0.5) is 16.3 Å². The maximum Gasteiger partial charge on any atom is 0.322 e. The summed E-state index contributed by atoms with van der Waals surface area (Å²) in [5, 5.41) is 6.87. The van der Waals surface area contributed by atoms with Gasteiger partial charge in [-0.15, -0.1) is 0 Å². The van der Waals surface area contributed by atoms with E-state index >= 15 is 0 Å². The van der Waals surface area contributed by atoms with Gasteiger partial charge in [0.15, 0.2) is 5.76 Å². The third-order valence-electron chi connectivity index (χ3n) is 4.57. The Kier molecular flexibility index (Phi) is 5.21. The molecule has 134 valence electrons. The van der Waals surface area contributed by atoms with Crippen LogP contribution >= 0.6 is 0 Å². The Morgan fingerprint density at radius 3 is 2.80 bits per heavy atom. The van der Waals surface area contributed by atoms with Gasteiger partial charge in [-0.3, -0.25) is 0 Å². The van der Waals surface area contributed by atoms with E-state index in [4.69, 9.17) is 4.52 Å². The Bertz CT molecular complexity index is 709. The van der Waals surface area contributed by atoms with Gasteiger partial charge >= 0.3 is 6.03 Å². The minimum absolute atomic E-state index is 0.0518. The fourth-order valence-corrected chi connectivity index (χ4v) is 3.24. The van der Waals surface area contributed by atoms with Crippen molar-refractivity contribution < 1.29 is 9.32 Å². The van der Waals surface area contributed by atoms with E-state index in [2.05, 4.69) is 34.2 Å². The van der Waals surface area contributed by atoms with Crippen LogP contribution in [0.1, 0.15) is 44.2 Å². The molecule has 2 aromatic rings. The van der Waals surface area contributed by atoms with E-state index in [-0.39, 0.29) is 12.1 Å².